The van der Waals surface area contributed by atoms with Crippen LogP contribution >= 0.6 is 0 Å². The maximum Gasteiger partial charge on any atom is 0.256 e. The summed E-state index contributed by atoms with van der Waals surface area (Å²) in [6, 6.07) is 14.9. The van der Waals surface area contributed by atoms with Crippen LogP contribution < -0.4 is 4.74 Å². The molecule has 8 nitrogen and oxygen atoms in total. The van der Waals surface area contributed by atoms with Crippen LogP contribution in [0.5, 0.6) is 5.75 Å². The molecule has 0 bridgehead atoms. The zero-order valence-electron chi connectivity index (χ0n) is 19.4. The summed E-state index contributed by atoms with van der Waals surface area (Å²) in [6.07, 6.45) is 4.75. The van der Waals surface area contributed by atoms with Crippen LogP contribution in [0.15, 0.2) is 67.1 Å². The van der Waals surface area contributed by atoms with Gasteiger partial charge in [0.2, 0.25) is 5.91 Å². The summed E-state index contributed by atoms with van der Waals surface area (Å²) in [5, 5.41) is 0. The fraction of sp³-hybridized carbons (Fsp3) is 0.308. The molecule has 0 saturated carbocycles. The van der Waals surface area contributed by atoms with Gasteiger partial charge in [-0.2, -0.15) is 0 Å². The van der Waals surface area contributed by atoms with Crippen molar-refractivity contribution in [2.75, 3.05) is 26.7 Å². The van der Waals surface area contributed by atoms with Gasteiger partial charge in [0.15, 0.2) is 0 Å². The number of hydrogen-bond donors (Lipinski definition) is 0. The minimum Gasteiger partial charge on any atom is -0.497 e. The maximum absolute atomic E-state index is 13.3. The van der Waals surface area contributed by atoms with E-state index in [0.29, 0.717) is 37.5 Å². The van der Waals surface area contributed by atoms with Crippen LogP contribution in [0.3, 0.4) is 0 Å². The van der Waals surface area contributed by atoms with E-state index in [9.17, 15) is 9.59 Å². The maximum atomic E-state index is 13.3. The van der Waals surface area contributed by atoms with Crippen molar-refractivity contribution in [1.82, 2.24) is 19.8 Å². The van der Waals surface area contributed by atoms with Crippen molar-refractivity contribution in [2.24, 2.45) is 0 Å². The van der Waals surface area contributed by atoms with Gasteiger partial charge in [0.05, 0.1) is 25.4 Å². The third-order valence-corrected chi connectivity index (χ3v) is 5.79. The molecule has 1 aliphatic rings. The molecule has 3 aromatic rings. The Bertz CT molecular complexity index is 1120. The Morgan fingerprint density at radius 2 is 1.85 bits per heavy atom. The molecule has 0 aliphatic carbocycles. The largest absolute Gasteiger partial charge is 0.497 e. The molecule has 1 aromatic carbocycles. The average Bonchev–Trinajstić information content (AvgIpc) is 3.02. The molecule has 2 aromatic heterocycles. The molecule has 1 atom stereocenters. The molecule has 0 spiro atoms. The minimum absolute atomic E-state index is 0.0178. The summed E-state index contributed by atoms with van der Waals surface area (Å²) in [6.45, 7) is 3.22. The van der Waals surface area contributed by atoms with Crippen molar-refractivity contribution in [2.45, 2.75) is 26.2 Å². The number of aryl methyl sites for hydroxylation is 1. The second-order valence-corrected chi connectivity index (χ2v) is 8.24. The van der Waals surface area contributed by atoms with Crippen LogP contribution in [0.4, 0.5) is 0 Å². The monoisotopic (exact) mass is 460 g/mol. The van der Waals surface area contributed by atoms with Gasteiger partial charge in [0.1, 0.15) is 12.3 Å². The van der Waals surface area contributed by atoms with Crippen molar-refractivity contribution in [3.8, 4) is 5.75 Å². The van der Waals surface area contributed by atoms with Gasteiger partial charge in [-0.25, -0.2) is 0 Å². The van der Waals surface area contributed by atoms with Gasteiger partial charge in [0.25, 0.3) is 5.91 Å². The molecule has 1 fully saturated rings. The standard InChI is InChI=1S/C26H28N4O4/c1-19-24(6-4-12-28-19)26(32)30-16-23(34-18-21-5-3-11-27-13-21)15-29(25(31)17-30)14-20-7-9-22(33-2)10-8-20/h3-13,23H,14-18H2,1-2H3/t23-/m1/s1. The summed E-state index contributed by atoms with van der Waals surface area (Å²) in [4.78, 5) is 38.2. The molecule has 1 saturated heterocycles. The molecular weight excluding hydrogens is 432 g/mol. The van der Waals surface area contributed by atoms with Crippen LogP contribution in [-0.4, -0.2) is 64.4 Å². The van der Waals surface area contributed by atoms with E-state index in [4.69, 9.17) is 9.47 Å². The van der Waals surface area contributed by atoms with E-state index in [1.165, 1.54) is 0 Å². The molecule has 2 amide bonds. The van der Waals surface area contributed by atoms with Gasteiger partial charge in [-0.1, -0.05) is 18.2 Å². The van der Waals surface area contributed by atoms with Crippen molar-refractivity contribution in [3.05, 3.63) is 89.5 Å². The van der Waals surface area contributed by atoms with Gasteiger partial charge in [-0.05, 0) is 48.4 Å². The second-order valence-electron chi connectivity index (χ2n) is 8.24. The lowest BCUT2D eigenvalue weighted by Gasteiger charge is -2.25. The number of amides is 2. The lowest BCUT2D eigenvalue weighted by molar-refractivity contribution is -0.132. The number of methoxy groups -OCH3 is 1. The van der Waals surface area contributed by atoms with E-state index < -0.39 is 0 Å². The molecule has 3 heterocycles. The molecule has 4 rings (SSSR count). The van der Waals surface area contributed by atoms with Crippen LogP contribution in [0.1, 0.15) is 27.2 Å². The Morgan fingerprint density at radius 1 is 1.06 bits per heavy atom. The summed E-state index contributed by atoms with van der Waals surface area (Å²) in [5.74, 6) is 0.408. The van der Waals surface area contributed by atoms with Crippen molar-refractivity contribution in [3.63, 3.8) is 0 Å². The Kier molecular flexibility index (Phi) is 7.49. The number of ether oxygens (including phenoxy) is 2. The first-order valence-electron chi connectivity index (χ1n) is 11.2. The number of hydrogen-bond acceptors (Lipinski definition) is 6. The summed E-state index contributed by atoms with van der Waals surface area (Å²) in [5.41, 5.74) is 3.03. The van der Waals surface area contributed by atoms with Crippen molar-refractivity contribution in [1.29, 1.82) is 0 Å². The van der Waals surface area contributed by atoms with E-state index in [2.05, 4.69) is 9.97 Å². The molecule has 1 aliphatic heterocycles. The Balaban J connectivity index is 1.54. The lowest BCUT2D eigenvalue weighted by atomic mass is 10.1. The van der Waals surface area contributed by atoms with Gasteiger partial charge >= 0.3 is 0 Å². The van der Waals surface area contributed by atoms with Gasteiger partial charge < -0.3 is 19.3 Å². The molecular formula is C26H28N4O4. The van der Waals surface area contributed by atoms with Gasteiger partial charge in [0, 0.05) is 43.9 Å². The minimum atomic E-state index is -0.356. The van der Waals surface area contributed by atoms with E-state index in [1.807, 2.05) is 36.4 Å². The average molecular weight is 461 g/mol. The highest BCUT2D eigenvalue weighted by Gasteiger charge is 2.32. The van der Waals surface area contributed by atoms with Crippen molar-refractivity contribution >= 4 is 11.8 Å². The first-order chi connectivity index (χ1) is 16.5. The Hall–Kier alpha value is -3.78. The van der Waals surface area contributed by atoms with Gasteiger partial charge in [-0.3, -0.25) is 19.6 Å². The number of rotatable bonds is 7. The van der Waals surface area contributed by atoms with Crippen LogP contribution in [0.25, 0.3) is 0 Å². The molecule has 34 heavy (non-hydrogen) atoms. The second kappa shape index (κ2) is 10.9. The van der Waals surface area contributed by atoms with Crippen LogP contribution in [0.2, 0.25) is 0 Å². The number of benzene rings is 1. The molecule has 8 heteroatoms. The number of aromatic nitrogens is 2. The zero-order chi connectivity index (χ0) is 23.9. The van der Waals surface area contributed by atoms with Gasteiger partial charge in [-0.15, -0.1) is 0 Å². The Labute approximate surface area is 199 Å². The van der Waals surface area contributed by atoms with E-state index in [-0.39, 0.29) is 24.5 Å². The van der Waals surface area contributed by atoms with Crippen LogP contribution in [-0.2, 0) is 22.7 Å². The Morgan fingerprint density at radius 3 is 2.56 bits per heavy atom. The van der Waals surface area contributed by atoms with E-state index in [0.717, 1.165) is 16.9 Å². The highest BCUT2D eigenvalue weighted by molar-refractivity contribution is 5.97. The van der Waals surface area contributed by atoms with Crippen LogP contribution in [0, 0.1) is 6.92 Å². The number of carbonyl (C=O) groups is 2. The van der Waals surface area contributed by atoms with Crippen molar-refractivity contribution < 1.29 is 19.1 Å². The fourth-order valence-electron chi connectivity index (χ4n) is 3.92. The molecule has 0 unspecified atom stereocenters. The highest BCUT2D eigenvalue weighted by atomic mass is 16.5. The highest BCUT2D eigenvalue weighted by Crippen LogP contribution is 2.18. The predicted molar refractivity (Wildman–Crippen MR) is 126 cm³/mol. The normalized spacial score (nSPS) is 16.3. The SMILES string of the molecule is COc1ccc(CN2C[C@@H](OCc3cccnc3)CN(C(=O)c3cccnc3C)CC2=O)cc1. The lowest BCUT2D eigenvalue weighted by Crippen LogP contribution is -2.40. The first kappa shape index (κ1) is 23.4. The summed E-state index contributed by atoms with van der Waals surface area (Å²) >= 11 is 0. The molecule has 0 N–H and O–H groups in total. The molecule has 176 valence electrons. The number of carbonyl (C=O) groups excluding carboxylic acids is 2. The van der Waals surface area contributed by atoms with E-state index in [1.54, 1.807) is 54.6 Å². The third kappa shape index (κ3) is 5.77. The number of nitrogens with zero attached hydrogens (tertiary/aromatic N) is 4. The fourth-order valence-corrected chi connectivity index (χ4v) is 3.92. The zero-order valence-corrected chi connectivity index (χ0v) is 19.4. The predicted octanol–water partition coefficient (Wildman–Crippen LogP) is 2.86. The number of pyridine rings is 2. The first-order valence-corrected chi connectivity index (χ1v) is 11.2. The third-order valence-electron chi connectivity index (χ3n) is 5.79. The smallest absolute Gasteiger partial charge is 0.256 e. The molecule has 0 radical (unpaired) electrons. The quantitative estimate of drug-likeness (QED) is 0.539. The topological polar surface area (TPSA) is 84.9 Å². The summed E-state index contributed by atoms with van der Waals surface area (Å²) < 4.78 is 11.4. The summed E-state index contributed by atoms with van der Waals surface area (Å²) in [7, 11) is 1.62. The van der Waals surface area contributed by atoms with E-state index >= 15 is 0 Å².